The maximum atomic E-state index is 8.58. The Balaban J connectivity index is 2.28. The van der Waals surface area contributed by atoms with Crippen molar-refractivity contribution in [2.75, 3.05) is 13.1 Å². The summed E-state index contributed by atoms with van der Waals surface area (Å²) in [5.41, 5.74) is 5.58. The molecule has 80 valence electrons. The van der Waals surface area contributed by atoms with E-state index in [2.05, 4.69) is 24.8 Å². The molecule has 0 aliphatic carbocycles. The highest BCUT2D eigenvalue weighted by Gasteiger charge is 2.22. The second-order valence-corrected chi connectivity index (χ2v) is 4.54. The molecule has 1 rings (SSSR count). The third-order valence-electron chi connectivity index (χ3n) is 3.17. The molecule has 0 spiro atoms. The van der Waals surface area contributed by atoms with Gasteiger partial charge in [0, 0.05) is 12.6 Å². The van der Waals surface area contributed by atoms with Gasteiger partial charge in [0.25, 0.3) is 0 Å². The van der Waals surface area contributed by atoms with Crippen LogP contribution in [0.5, 0.6) is 0 Å². The van der Waals surface area contributed by atoms with E-state index in [1.54, 1.807) is 0 Å². The third-order valence-corrected chi connectivity index (χ3v) is 3.17. The van der Waals surface area contributed by atoms with Crippen molar-refractivity contribution in [3.05, 3.63) is 0 Å². The Morgan fingerprint density at radius 1 is 1.57 bits per heavy atom. The lowest BCUT2D eigenvalue weighted by atomic mass is 9.93. The maximum absolute atomic E-state index is 8.58. The van der Waals surface area contributed by atoms with Gasteiger partial charge in [-0.1, -0.05) is 6.92 Å². The van der Waals surface area contributed by atoms with E-state index in [1.807, 2.05) is 0 Å². The minimum absolute atomic E-state index is 0.290. The van der Waals surface area contributed by atoms with Crippen LogP contribution < -0.4 is 5.73 Å². The number of nitriles is 1. The fraction of sp³-hybridized carbons (Fsp3) is 0.909. The van der Waals surface area contributed by atoms with Crippen molar-refractivity contribution < 1.29 is 0 Å². The quantitative estimate of drug-likeness (QED) is 0.739. The Labute approximate surface area is 86.9 Å². The Kier molecular flexibility index (Phi) is 4.37. The Hall–Kier alpha value is -0.590. The molecule has 1 fully saturated rings. The Bertz CT molecular complexity index is 209. The van der Waals surface area contributed by atoms with Crippen LogP contribution in [0.15, 0.2) is 0 Å². The van der Waals surface area contributed by atoms with Gasteiger partial charge >= 0.3 is 0 Å². The molecule has 3 atom stereocenters. The first-order valence-electron chi connectivity index (χ1n) is 5.52. The number of hydrogen-bond donors (Lipinski definition) is 1. The van der Waals surface area contributed by atoms with Crippen LogP contribution in [-0.4, -0.2) is 30.1 Å². The summed E-state index contributed by atoms with van der Waals surface area (Å²) in [5.74, 6) is 0.853. The van der Waals surface area contributed by atoms with Gasteiger partial charge in [0.15, 0.2) is 0 Å². The van der Waals surface area contributed by atoms with Crippen molar-refractivity contribution >= 4 is 0 Å². The van der Waals surface area contributed by atoms with Crippen molar-refractivity contribution in [2.24, 2.45) is 11.7 Å². The largest absolute Gasteiger partial charge is 0.316 e. The predicted molar refractivity (Wildman–Crippen MR) is 57.6 cm³/mol. The first-order chi connectivity index (χ1) is 6.63. The van der Waals surface area contributed by atoms with Gasteiger partial charge in [-0.25, -0.2) is 0 Å². The zero-order valence-corrected chi connectivity index (χ0v) is 9.24. The topological polar surface area (TPSA) is 53.0 Å². The van der Waals surface area contributed by atoms with Gasteiger partial charge in [0.2, 0.25) is 0 Å². The summed E-state index contributed by atoms with van der Waals surface area (Å²) in [6, 6.07) is 2.45. The molecule has 1 heterocycles. The van der Waals surface area contributed by atoms with Crippen LogP contribution in [0, 0.1) is 17.2 Å². The van der Waals surface area contributed by atoms with E-state index in [1.165, 1.54) is 19.4 Å². The molecular weight excluding hydrogens is 174 g/mol. The molecule has 0 radical (unpaired) electrons. The molecule has 3 heteroatoms. The molecule has 1 saturated heterocycles. The van der Waals surface area contributed by atoms with Crippen molar-refractivity contribution in [3.8, 4) is 6.07 Å². The number of nitrogens with two attached hydrogens (primary N) is 1. The van der Waals surface area contributed by atoms with Crippen LogP contribution in [0.4, 0.5) is 0 Å². The monoisotopic (exact) mass is 195 g/mol. The normalized spacial score (nSPS) is 31.0. The summed E-state index contributed by atoms with van der Waals surface area (Å²) in [5, 5.41) is 8.58. The van der Waals surface area contributed by atoms with Crippen molar-refractivity contribution in [2.45, 2.75) is 45.2 Å². The van der Waals surface area contributed by atoms with E-state index in [0.29, 0.717) is 6.04 Å². The summed E-state index contributed by atoms with van der Waals surface area (Å²) in [7, 11) is 0. The first kappa shape index (κ1) is 11.5. The summed E-state index contributed by atoms with van der Waals surface area (Å²) >= 11 is 0. The van der Waals surface area contributed by atoms with E-state index < -0.39 is 0 Å². The van der Waals surface area contributed by atoms with Gasteiger partial charge in [-0.2, -0.15) is 5.26 Å². The average Bonchev–Trinajstić information content (AvgIpc) is 2.16. The summed E-state index contributed by atoms with van der Waals surface area (Å²) in [6.45, 7) is 6.73. The maximum Gasteiger partial charge on any atom is 0.0940 e. The summed E-state index contributed by atoms with van der Waals surface area (Å²) < 4.78 is 0. The smallest absolute Gasteiger partial charge is 0.0940 e. The van der Waals surface area contributed by atoms with Gasteiger partial charge in [-0.05, 0) is 38.6 Å². The molecule has 1 aliphatic heterocycles. The molecule has 0 amide bonds. The van der Waals surface area contributed by atoms with Crippen LogP contribution in [-0.2, 0) is 0 Å². The van der Waals surface area contributed by atoms with Gasteiger partial charge in [-0.15, -0.1) is 0 Å². The van der Waals surface area contributed by atoms with Gasteiger partial charge in [-0.3, -0.25) is 0 Å². The zero-order chi connectivity index (χ0) is 10.6. The number of piperidine rings is 1. The number of nitrogens with zero attached hydrogens (tertiary/aromatic N) is 2. The Morgan fingerprint density at radius 3 is 2.86 bits per heavy atom. The summed E-state index contributed by atoms with van der Waals surface area (Å²) in [6.07, 6.45) is 3.36. The van der Waals surface area contributed by atoms with Crippen LogP contribution in [0.25, 0.3) is 0 Å². The summed E-state index contributed by atoms with van der Waals surface area (Å²) in [4.78, 5) is 2.46. The van der Waals surface area contributed by atoms with Crippen LogP contribution in [0.3, 0.4) is 0 Å². The fourth-order valence-corrected chi connectivity index (χ4v) is 2.16. The fourth-order valence-electron chi connectivity index (χ4n) is 2.16. The molecule has 2 N–H and O–H groups in total. The molecule has 3 nitrogen and oxygen atoms in total. The molecule has 0 aromatic carbocycles. The van der Waals surface area contributed by atoms with E-state index in [4.69, 9.17) is 11.0 Å². The number of hydrogen-bond acceptors (Lipinski definition) is 3. The standard InChI is InChI=1S/C11H21N3/c1-9-3-5-14(10(2)7-9)6-4-11(13)8-12/h9-11H,3-7,13H2,1-2H3. The van der Waals surface area contributed by atoms with E-state index in [-0.39, 0.29) is 6.04 Å². The predicted octanol–water partition coefficient (Wildman–Crippen LogP) is 1.35. The van der Waals surface area contributed by atoms with Gasteiger partial charge in [0.05, 0.1) is 12.1 Å². The van der Waals surface area contributed by atoms with E-state index in [9.17, 15) is 0 Å². The average molecular weight is 195 g/mol. The third kappa shape index (κ3) is 3.28. The highest BCUT2D eigenvalue weighted by molar-refractivity contribution is 4.88. The highest BCUT2D eigenvalue weighted by atomic mass is 15.2. The lowest BCUT2D eigenvalue weighted by Crippen LogP contribution is -2.42. The molecule has 3 unspecified atom stereocenters. The minimum atomic E-state index is -0.290. The van der Waals surface area contributed by atoms with Crippen molar-refractivity contribution in [1.29, 1.82) is 5.26 Å². The molecule has 1 aliphatic rings. The molecule has 14 heavy (non-hydrogen) atoms. The van der Waals surface area contributed by atoms with Crippen molar-refractivity contribution in [1.82, 2.24) is 4.90 Å². The van der Waals surface area contributed by atoms with Gasteiger partial charge in [0.1, 0.15) is 0 Å². The molecule has 0 aromatic rings. The van der Waals surface area contributed by atoms with E-state index in [0.717, 1.165) is 18.9 Å². The SMILES string of the molecule is CC1CCN(CCC(N)C#N)C(C)C1. The molecule has 0 saturated carbocycles. The van der Waals surface area contributed by atoms with Crippen molar-refractivity contribution in [3.63, 3.8) is 0 Å². The minimum Gasteiger partial charge on any atom is -0.316 e. The molecular formula is C11H21N3. The second kappa shape index (κ2) is 5.33. The zero-order valence-electron chi connectivity index (χ0n) is 9.24. The number of rotatable bonds is 3. The van der Waals surface area contributed by atoms with Crippen LogP contribution >= 0.6 is 0 Å². The van der Waals surface area contributed by atoms with E-state index >= 15 is 0 Å². The first-order valence-corrected chi connectivity index (χ1v) is 5.52. The lowest BCUT2D eigenvalue weighted by molar-refractivity contribution is 0.127. The number of likely N-dealkylation sites (tertiary alicyclic amines) is 1. The highest BCUT2D eigenvalue weighted by Crippen LogP contribution is 2.21. The Morgan fingerprint density at radius 2 is 2.29 bits per heavy atom. The van der Waals surface area contributed by atoms with Crippen LogP contribution in [0.1, 0.15) is 33.1 Å². The van der Waals surface area contributed by atoms with Crippen LogP contribution in [0.2, 0.25) is 0 Å². The molecule has 0 aromatic heterocycles. The molecule has 0 bridgehead atoms. The lowest BCUT2D eigenvalue weighted by Gasteiger charge is -2.36. The second-order valence-electron chi connectivity index (χ2n) is 4.54. The van der Waals surface area contributed by atoms with Gasteiger partial charge < -0.3 is 10.6 Å².